The van der Waals surface area contributed by atoms with Gasteiger partial charge >= 0.3 is 0 Å². The Kier molecular flexibility index (Phi) is 10.8. The average Bonchev–Trinajstić information content (AvgIpc) is 1.35. The van der Waals surface area contributed by atoms with E-state index in [1.165, 1.54) is 0 Å². The van der Waals surface area contributed by atoms with E-state index in [1.54, 1.807) is 0 Å². The summed E-state index contributed by atoms with van der Waals surface area (Å²) in [4.78, 5) is 0. The largest absolute Gasteiger partial charge is 0.330 e. The summed E-state index contributed by atoms with van der Waals surface area (Å²) in [5, 5.41) is 0. The number of nitrogens with two attached hydrogens (primary N) is 1. The van der Waals surface area contributed by atoms with Crippen molar-refractivity contribution in [3.63, 3.8) is 0 Å². The van der Waals surface area contributed by atoms with Crippen LogP contribution in [0.3, 0.4) is 0 Å². The normalized spacial score (nSPS) is 8.57. The summed E-state index contributed by atoms with van der Waals surface area (Å²) in [6.07, 6.45) is 1.15. The van der Waals surface area contributed by atoms with Crippen LogP contribution in [0, 0.1) is 5.92 Å². The Labute approximate surface area is 68.0 Å². The molecule has 0 fully saturated rings. The summed E-state index contributed by atoms with van der Waals surface area (Å²) in [6.45, 7) is 5.18. The van der Waals surface area contributed by atoms with Crippen LogP contribution in [0.2, 0.25) is 0 Å². The fourth-order valence-corrected chi connectivity index (χ4v) is 0.333. The van der Waals surface area contributed by atoms with Crippen molar-refractivity contribution in [2.45, 2.75) is 20.3 Å². The minimum absolute atomic E-state index is 0. The topological polar surface area (TPSA) is 26.0 Å². The zero-order valence-corrected chi connectivity index (χ0v) is 7.57. The van der Waals surface area contributed by atoms with E-state index >= 15 is 0 Å². The maximum absolute atomic E-state index is 5.23. The van der Waals surface area contributed by atoms with Gasteiger partial charge in [-0.25, -0.2) is 0 Å². The molecule has 0 atom stereocenters. The summed E-state index contributed by atoms with van der Waals surface area (Å²) in [5.74, 6) is 0.773. The Hall–Kier alpha value is 0.960. The first-order chi connectivity index (χ1) is 2.77. The quantitative estimate of drug-likeness (QED) is 0.518. The molecule has 7 heavy (non-hydrogen) atoms. The molecule has 2 heteroatoms. The van der Waals surface area contributed by atoms with Crippen molar-refractivity contribution in [2.24, 2.45) is 11.7 Å². The van der Waals surface area contributed by atoms with Gasteiger partial charge < -0.3 is 5.73 Å². The SMILES string of the molecule is CC(C)CCN.[Na]. The van der Waals surface area contributed by atoms with Crippen LogP contribution in [0.1, 0.15) is 20.3 Å². The van der Waals surface area contributed by atoms with Gasteiger partial charge in [-0.05, 0) is 18.9 Å². The van der Waals surface area contributed by atoms with Crippen LogP contribution in [0.25, 0.3) is 0 Å². The molecule has 0 amide bonds. The maximum Gasteiger partial charge on any atom is 0 e. The predicted molar refractivity (Wildman–Crippen MR) is 34.3 cm³/mol. The predicted octanol–water partition coefficient (Wildman–Crippen LogP) is 0.610. The third-order valence-corrected chi connectivity index (χ3v) is 0.744. The molecule has 0 bridgehead atoms. The van der Waals surface area contributed by atoms with Gasteiger partial charge in [0.2, 0.25) is 0 Å². The maximum atomic E-state index is 5.23. The molecule has 0 saturated carbocycles. The van der Waals surface area contributed by atoms with E-state index in [1.807, 2.05) is 0 Å². The average molecular weight is 110 g/mol. The van der Waals surface area contributed by atoms with Crippen LogP contribution >= 0.6 is 0 Å². The third-order valence-electron chi connectivity index (χ3n) is 0.744. The minimum Gasteiger partial charge on any atom is -0.330 e. The van der Waals surface area contributed by atoms with Gasteiger partial charge in [-0.3, -0.25) is 0 Å². The van der Waals surface area contributed by atoms with E-state index in [0.717, 1.165) is 18.9 Å². The van der Waals surface area contributed by atoms with Crippen molar-refractivity contribution >= 4 is 29.6 Å². The van der Waals surface area contributed by atoms with Gasteiger partial charge in [-0.1, -0.05) is 13.8 Å². The van der Waals surface area contributed by atoms with E-state index in [4.69, 9.17) is 5.73 Å². The molecule has 0 rings (SSSR count). The Bertz CT molecular complexity index is 29.3. The standard InChI is InChI=1S/C5H13N.Na/c1-5(2)3-4-6;/h5H,3-4,6H2,1-2H3;. The summed E-state index contributed by atoms with van der Waals surface area (Å²) in [5.41, 5.74) is 5.23. The molecule has 2 N–H and O–H groups in total. The first-order valence-electron chi connectivity index (χ1n) is 2.47. The smallest absolute Gasteiger partial charge is 0 e. The van der Waals surface area contributed by atoms with E-state index < -0.39 is 0 Å². The summed E-state index contributed by atoms with van der Waals surface area (Å²) < 4.78 is 0. The van der Waals surface area contributed by atoms with Crippen molar-refractivity contribution in [3.8, 4) is 0 Å². The van der Waals surface area contributed by atoms with Gasteiger partial charge in [0.1, 0.15) is 0 Å². The Balaban J connectivity index is 0. The van der Waals surface area contributed by atoms with Gasteiger partial charge in [-0.2, -0.15) is 0 Å². The van der Waals surface area contributed by atoms with Gasteiger partial charge in [-0.15, -0.1) is 0 Å². The summed E-state index contributed by atoms with van der Waals surface area (Å²) in [7, 11) is 0. The van der Waals surface area contributed by atoms with E-state index in [0.29, 0.717) is 0 Å². The van der Waals surface area contributed by atoms with Crippen LogP contribution in [0.5, 0.6) is 0 Å². The van der Waals surface area contributed by atoms with Crippen LogP contribution in [-0.2, 0) is 0 Å². The molecule has 0 aliphatic heterocycles. The molecule has 0 aliphatic carbocycles. The second kappa shape index (κ2) is 6.96. The van der Waals surface area contributed by atoms with Crippen molar-refractivity contribution in [2.75, 3.05) is 6.54 Å². The number of hydrogen-bond donors (Lipinski definition) is 1. The van der Waals surface area contributed by atoms with Crippen LogP contribution in [0.15, 0.2) is 0 Å². The first-order valence-corrected chi connectivity index (χ1v) is 2.47. The molecule has 0 aromatic carbocycles. The van der Waals surface area contributed by atoms with E-state index in [9.17, 15) is 0 Å². The molecule has 0 spiro atoms. The number of hydrogen-bond acceptors (Lipinski definition) is 1. The molecule has 39 valence electrons. The molecule has 0 aromatic rings. The first kappa shape index (κ1) is 10.9. The van der Waals surface area contributed by atoms with Crippen molar-refractivity contribution in [1.82, 2.24) is 0 Å². The number of rotatable bonds is 2. The molecule has 0 heterocycles. The Morgan fingerprint density at radius 1 is 1.43 bits per heavy atom. The van der Waals surface area contributed by atoms with Crippen LogP contribution in [-0.4, -0.2) is 36.1 Å². The van der Waals surface area contributed by atoms with Crippen molar-refractivity contribution in [3.05, 3.63) is 0 Å². The Morgan fingerprint density at radius 2 is 1.86 bits per heavy atom. The van der Waals surface area contributed by atoms with Gasteiger partial charge in [0.05, 0.1) is 0 Å². The van der Waals surface area contributed by atoms with Crippen molar-refractivity contribution in [1.29, 1.82) is 0 Å². The van der Waals surface area contributed by atoms with Gasteiger partial charge in [0.15, 0.2) is 0 Å². The van der Waals surface area contributed by atoms with E-state index in [2.05, 4.69) is 13.8 Å². The second-order valence-corrected chi connectivity index (χ2v) is 1.97. The van der Waals surface area contributed by atoms with E-state index in [-0.39, 0.29) is 29.6 Å². The van der Waals surface area contributed by atoms with Gasteiger partial charge in [0.25, 0.3) is 0 Å². The minimum atomic E-state index is 0. The molecule has 0 aliphatic rings. The second-order valence-electron chi connectivity index (χ2n) is 1.97. The van der Waals surface area contributed by atoms with Crippen molar-refractivity contribution < 1.29 is 0 Å². The van der Waals surface area contributed by atoms with Crippen LogP contribution < -0.4 is 5.73 Å². The molecule has 1 radical (unpaired) electrons. The van der Waals surface area contributed by atoms with Gasteiger partial charge in [0, 0.05) is 29.6 Å². The summed E-state index contributed by atoms with van der Waals surface area (Å²) in [6, 6.07) is 0. The third kappa shape index (κ3) is 10.9. The molecular weight excluding hydrogens is 97.1 g/mol. The zero-order valence-electron chi connectivity index (χ0n) is 5.57. The molecular formula is C5H13NNa. The molecule has 1 nitrogen and oxygen atoms in total. The fourth-order valence-electron chi connectivity index (χ4n) is 0.333. The monoisotopic (exact) mass is 110 g/mol. The molecule has 0 aromatic heterocycles. The zero-order chi connectivity index (χ0) is 4.99. The molecule has 0 unspecified atom stereocenters. The Morgan fingerprint density at radius 3 is 1.86 bits per heavy atom. The van der Waals surface area contributed by atoms with Crippen LogP contribution in [0.4, 0.5) is 0 Å². The molecule has 0 saturated heterocycles. The summed E-state index contributed by atoms with van der Waals surface area (Å²) >= 11 is 0. The fraction of sp³-hybridized carbons (Fsp3) is 1.00.